The number of benzene rings is 2. The molecule has 2 aromatic carbocycles. The van der Waals surface area contributed by atoms with Gasteiger partial charge in [-0.15, -0.1) is 0 Å². The maximum atomic E-state index is 13.2. The summed E-state index contributed by atoms with van der Waals surface area (Å²) in [6, 6.07) is 13.8. The Morgan fingerprint density at radius 3 is 1.53 bits per heavy atom. The first kappa shape index (κ1) is 10.6. The zero-order valence-electron chi connectivity index (χ0n) is 8.83. The van der Waals surface area contributed by atoms with Crippen molar-refractivity contribution < 1.29 is 13.2 Å². The molecule has 0 amide bonds. The molecule has 2 aromatic rings. The number of halogens is 3. The lowest BCUT2D eigenvalue weighted by atomic mass is 10.1. The minimum absolute atomic E-state index is 0.501. The first-order valence-corrected chi connectivity index (χ1v) is 7.07. The molecular formula is C13H9F3Si. The van der Waals surface area contributed by atoms with Crippen LogP contribution >= 0.6 is 0 Å². The third kappa shape index (κ3) is 1.51. The first-order valence-electron chi connectivity index (χ1n) is 5.34. The second-order valence-electron chi connectivity index (χ2n) is 4.15. The van der Waals surface area contributed by atoms with Gasteiger partial charge in [-0.2, -0.15) is 13.2 Å². The second-order valence-corrected chi connectivity index (χ2v) is 6.91. The third-order valence-electron chi connectivity index (χ3n) is 3.16. The molecule has 4 heteroatoms. The van der Waals surface area contributed by atoms with Crippen molar-refractivity contribution in [2.45, 2.75) is 5.80 Å². The second kappa shape index (κ2) is 3.47. The van der Waals surface area contributed by atoms with Crippen molar-refractivity contribution in [1.82, 2.24) is 0 Å². The molecule has 1 aliphatic heterocycles. The molecule has 0 unspecified atom stereocenters. The predicted octanol–water partition coefficient (Wildman–Crippen LogP) is 2.11. The van der Waals surface area contributed by atoms with Gasteiger partial charge in [0.1, 0.15) is 0 Å². The Hall–Kier alpha value is -1.55. The van der Waals surface area contributed by atoms with Gasteiger partial charge < -0.3 is 0 Å². The molecule has 0 atom stereocenters. The van der Waals surface area contributed by atoms with E-state index in [1.807, 2.05) is 0 Å². The van der Waals surface area contributed by atoms with E-state index in [0.717, 1.165) is 11.1 Å². The lowest BCUT2D eigenvalue weighted by molar-refractivity contribution is -0.0482. The zero-order chi connectivity index (χ0) is 12.0. The fourth-order valence-corrected chi connectivity index (χ4v) is 5.28. The SMILES string of the molecule is FC(F)(F)[SiH]1c2ccccc2-c2ccccc21. The largest absolute Gasteiger partial charge is 0.367 e. The summed E-state index contributed by atoms with van der Waals surface area (Å²) in [5.74, 6) is -4.09. The highest BCUT2D eigenvalue weighted by molar-refractivity contribution is 6.90. The van der Waals surface area contributed by atoms with Gasteiger partial charge in [-0.1, -0.05) is 48.5 Å². The van der Waals surface area contributed by atoms with Gasteiger partial charge in [-0.25, -0.2) is 0 Å². The average molecular weight is 250 g/mol. The molecular weight excluding hydrogens is 241 g/mol. The van der Waals surface area contributed by atoms with Crippen molar-refractivity contribution in [3.05, 3.63) is 48.5 Å². The summed E-state index contributed by atoms with van der Waals surface area (Å²) in [6.45, 7) is 0. The Kier molecular flexibility index (Phi) is 2.16. The molecule has 0 saturated heterocycles. The normalized spacial score (nSPS) is 14.5. The molecule has 0 aliphatic carbocycles. The van der Waals surface area contributed by atoms with Gasteiger partial charge in [0.05, 0.1) is 0 Å². The van der Waals surface area contributed by atoms with Gasteiger partial charge in [-0.3, -0.25) is 0 Å². The summed E-state index contributed by atoms with van der Waals surface area (Å²) in [7, 11) is -3.06. The van der Waals surface area contributed by atoms with Crippen molar-refractivity contribution in [2.75, 3.05) is 0 Å². The molecule has 0 nitrogen and oxygen atoms in total. The maximum absolute atomic E-state index is 13.2. The summed E-state index contributed by atoms with van der Waals surface area (Å²) in [5, 5.41) is 1.00. The molecule has 0 N–H and O–H groups in total. The molecule has 1 heterocycles. The minimum Gasteiger partial charge on any atom is -0.176 e. The fourth-order valence-electron chi connectivity index (χ4n) is 2.51. The summed E-state index contributed by atoms with van der Waals surface area (Å²) in [6.07, 6.45) is 0. The van der Waals surface area contributed by atoms with Gasteiger partial charge in [0.15, 0.2) is 0 Å². The van der Waals surface area contributed by atoms with Gasteiger partial charge >= 0.3 is 5.80 Å². The minimum atomic E-state index is -4.09. The highest BCUT2D eigenvalue weighted by Crippen LogP contribution is 2.29. The Balaban J connectivity index is 2.31. The molecule has 0 aromatic heterocycles. The number of rotatable bonds is 0. The highest BCUT2D eigenvalue weighted by Gasteiger charge is 2.48. The van der Waals surface area contributed by atoms with E-state index in [2.05, 4.69) is 0 Å². The third-order valence-corrected chi connectivity index (χ3v) is 6.07. The summed E-state index contributed by atoms with van der Waals surface area (Å²) < 4.78 is 39.5. The topological polar surface area (TPSA) is 0 Å². The Labute approximate surface area is 98.3 Å². The number of hydrogen-bond donors (Lipinski definition) is 0. The van der Waals surface area contributed by atoms with E-state index in [1.165, 1.54) is 0 Å². The Morgan fingerprint density at radius 2 is 1.12 bits per heavy atom. The molecule has 0 fully saturated rings. The van der Waals surface area contributed by atoms with Crippen molar-refractivity contribution in [3.8, 4) is 11.1 Å². The molecule has 0 radical (unpaired) electrons. The van der Waals surface area contributed by atoms with Crippen molar-refractivity contribution >= 4 is 19.2 Å². The summed E-state index contributed by atoms with van der Waals surface area (Å²) in [5.41, 5.74) is 1.52. The van der Waals surface area contributed by atoms with Crippen LogP contribution in [0.3, 0.4) is 0 Å². The molecule has 17 heavy (non-hydrogen) atoms. The van der Waals surface area contributed by atoms with Crippen LogP contribution in [0.4, 0.5) is 13.2 Å². The van der Waals surface area contributed by atoms with E-state index in [1.54, 1.807) is 48.5 Å². The van der Waals surface area contributed by atoms with Gasteiger partial charge in [0.2, 0.25) is 8.80 Å². The van der Waals surface area contributed by atoms with Crippen LogP contribution in [0.15, 0.2) is 48.5 Å². The van der Waals surface area contributed by atoms with Crippen molar-refractivity contribution in [2.24, 2.45) is 0 Å². The van der Waals surface area contributed by atoms with Crippen LogP contribution in [0.2, 0.25) is 0 Å². The van der Waals surface area contributed by atoms with Crippen molar-refractivity contribution in [3.63, 3.8) is 0 Å². The smallest absolute Gasteiger partial charge is 0.176 e. The lowest BCUT2D eigenvalue weighted by Crippen LogP contribution is -2.51. The number of hydrogen-bond acceptors (Lipinski definition) is 0. The number of fused-ring (bicyclic) bond motifs is 3. The van der Waals surface area contributed by atoms with Gasteiger partial charge in [-0.05, 0) is 21.5 Å². The Bertz CT molecular complexity index is 529. The van der Waals surface area contributed by atoms with E-state index < -0.39 is 14.6 Å². The van der Waals surface area contributed by atoms with Crippen LogP contribution in [0.25, 0.3) is 11.1 Å². The predicted molar refractivity (Wildman–Crippen MR) is 64.4 cm³/mol. The van der Waals surface area contributed by atoms with E-state index in [0.29, 0.717) is 10.4 Å². The standard InChI is InChI=1S/C13H9F3Si/c14-13(15,16)17-11-7-3-1-5-9(11)10-6-2-4-8-12(10)17/h1-8,17H. The van der Waals surface area contributed by atoms with E-state index in [-0.39, 0.29) is 0 Å². The Morgan fingerprint density at radius 1 is 0.706 bits per heavy atom. The molecule has 3 rings (SSSR count). The van der Waals surface area contributed by atoms with Crippen LogP contribution in [0, 0.1) is 0 Å². The zero-order valence-corrected chi connectivity index (χ0v) is 9.98. The molecule has 0 spiro atoms. The number of alkyl halides is 3. The average Bonchev–Trinajstić information content (AvgIpc) is 2.63. The van der Waals surface area contributed by atoms with Crippen molar-refractivity contribution in [1.29, 1.82) is 0 Å². The fraction of sp³-hybridized carbons (Fsp3) is 0.0769. The first-order chi connectivity index (χ1) is 8.09. The van der Waals surface area contributed by atoms with Crippen LogP contribution in [0.5, 0.6) is 0 Å². The summed E-state index contributed by atoms with van der Waals surface area (Å²) >= 11 is 0. The van der Waals surface area contributed by atoms with Crippen LogP contribution in [-0.4, -0.2) is 14.6 Å². The van der Waals surface area contributed by atoms with E-state index in [9.17, 15) is 13.2 Å². The highest BCUT2D eigenvalue weighted by atomic mass is 28.3. The maximum Gasteiger partial charge on any atom is 0.367 e. The molecule has 0 saturated carbocycles. The monoisotopic (exact) mass is 250 g/mol. The van der Waals surface area contributed by atoms with Crippen LogP contribution < -0.4 is 10.4 Å². The summed E-state index contributed by atoms with van der Waals surface area (Å²) in [4.78, 5) is 0. The van der Waals surface area contributed by atoms with Gasteiger partial charge in [0, 0.05) is 0 Å². The van der Waals surface area contributed by atoms with Crippen LogP contribution in [0.1, 0.15) is 0 Å². The molecule has 86 valence electrons. The van der Waals surface area contributed by atoms with E-state index in [4.69, 9.17) is 0 Å². The van der Waals surface area contributed by atoms with E-state index >= 15 is 0 Å². The van der Waals surface area contributed by atoms with Gasteiger partial charge in [0.25, 0.3) is 0 Å². The van der Waals surface area contributed by atoms with Crippen LogP contribution in [-0.2, 0) is 0 Å². The molecule has 0 bridgehead atoms. The quantitative estimate of drug-likeness (QED) is 0.628. The molecule has 1 aliphatic rings. The lowest BCUT2D eigenvalue weighted by Gasteiger charge is -2.15.